The van der Waals surface area contributed by atoms with Crippen molar-refractivity contribution < 1.29 is 47.8 Å². The first-order chi connectivity index (χ1) is 27.7. The fourth-order valence-corrected chi connectivity index (χ4v) is 6.22. The minimum absolute atomic E-state index is 0.144. The van der Waals surface area contributed by atoms with Crippen LogP contribution >= 0.6 is 7.82 Å². The first-order valence-electron chi connectivity index (χ1n) is 21.9. The van der Waals surface area contributed by atoms with Crippen LogP contribution in [-0.4, -0.2) is 65.7 Å². The molecule has 0 aliphatic rings. The van der Waals surface area contributed by atoms with Gasteiger partial charge in [0.15, 0.2) is 6.10 Å². The Hall–Kier alpha value is -2.59. The molecule has 0 aromatic rings. The van der Waals surface area contributed by atoms with Crippen LogP contribution in [-0.2, 0) is 32.7 Å². The highest BCUT2D eigenvalue weighted by Gasteiger charge is 2.27. The number of aliphatic hydroxyl groups is 2. The van der Waals surface area contributed by atoms with Crippen LogP contribution in [0.3, 0.4) is 0 Å². The molecule has 57 heavy (non-hydrogen) atoms. The van der Waals surface area contributed by atoms with Crippen LogP contribution < -0.4 is 0 Å². The van der Waals surface area contributed by atoms with Crippen molar-refractivity contribution in [3.05, 3.63) is 72.9 Å². The van der Waals surface area contributed by atoms with E-state index in [0.29, 0.717) is 19.3 Å². The maximum Gasteiger partial charge on any atom is 0.472 e. The number of carbonyl (C=O) groups excluding carboxylic acids is 2. The second-order valence-electron chi connectivity index (χ2n) is 14.4. The van der Waals surface area contributed by atoms with Crippen molar-refractivity contribution in [1.82, 2.24) is 0 Å². The summed E-state index contributed by atoms with van der Waals surface area (Å²) in [5.41, 5.74) is 0. The summed E-state index contributed by atoms with van der Waals surface area (Å²) < 4.78 is 32.6. The zero-order valence-corrected chi connectivity index (χ0v) is 36.4. The van der Waals surface area contributed by atoms with Gasteiger partial charge < -0.3 is 24.6 Å². The molecule has 3 N–H and O–H groups in total. The number of unbranched alkanes of at least 4 members (excludes halogenated alkanes) is 14. The van der Waals surface area contributed by atoms with Crippen molar-refractivity contribution in [2.24, 2.45) is 0 Å². The van der Waals surface area contributed by atoms with Gasteiger partial charge in [-0.3, -0.25) is 18.6 Å². The molecule has 0 radical (unpaired) electrons. The van der Waals surface area contributed by atoms with Gasteiger partial charge in [-0.25, -0.2) is 4.57 Å². The Bertz CT molecular complexity index is 1180. The van der Waals surface area contributed by atoms with Crippen LogP contribution in [0, 0.1) is 0 Å². The standard InChI is InChI=1S/C46H79O10P/c1-3-5-7-9-11-13-15-17-19-21-23-25-27-29-31-33-35-37-45(49)53-41-44(42-55-57(51,52)54-40-43(48)39-47)56-46(50)38-36-34-32-30-28-26-24-22-20-18-16-14-12-10-8-6-4-2/h12,14,17-20,23-26,29,31,43-44,47-48H,3-11,13,15-16,21-22,27-28,30,32-42H2,1-2H3,(H,51,52)/b14-12-,19-17-,20-18-,25-23-,26-24-,31-29-/t43-,44+/m0/s1. The Balaban J connectivity index is 4.44. The van der Waals surface area contributed by atoms with Gasteiger partial charge in [0.1, 0.15) is 12.7 Å². The molecule has 0 heterocycles. The van der Waals surface area contributed by atoms with Gasteiger partial charge >= 0.3 is 19.8 Å². The van der Waals surface area contributed by atoms with Gasteiger partial charge in [-0.1, -0.05) is 145 Å². The molecule has 0 aromatic carbocycles. The molecule has 0 fully saturated rings. The van der Waals surface area contributed by atoms with E-state index >= 15 is 0 Å². The summed E-state index contributed by atoms with van der Waals surface area (Å²) in [5.74, 6) is -1.02. The van der Waals surface area contributed by atoms with Gasteiger partial charge in [0.25, 0.3) is 0 Å². The van der Waals surface area contributed by atoms with Crippen molar-refractivity contribution in [3.63, 3.8) is 0 Å². The molecule has 0 aliphatic heterocycles. The van der Waals surface area contributed by atoms with Gasteiger partial charge in [-0.2, -0.15) is 0 Å². The van der Waals surface area contributed by atoms with Crippen molar-refractivity contribution in [3.8, 4) is 0 Å². The predicted octanol–water partition coefficient (Wildman–Crippen LogP) is 11.7. The van der Waals surface area contributed by atoms with E-state index < -0.39 is 51.8 Å². The second-order valence-corrected chi connectivity index (χ2v) is 15.8. The Labute approximate surface area is 346 Å². The van der Waals surface area contributed by atoms with E-state index in [2.05, 4.69) is 85.2 Å². The first kappa shape index (κ1) is 54.4. The number of esters is 2. The minimum Gasteiger partial charge on any atom is -0.462 e. The summed E-state index contributed by atoms with van der Waals surface area (Å²) in [6.45, 7) is 2.25. The van der Waals surface area contributed by atoms with E-state index in [0.717, 1.165) is 64.2 Å². The van der Waals surface area contributed by atoms with E-state index in [9.17, 15) is 24.2 Å². The van der Waals surface area contributed by atoms with Crippen molar-refractivity contribution >= 4 is 19.8 Å². The van der Waals surface area contributed by atoms with Gasteiger partial charge in [-0.15, -0.1) is 0 Å². The third kappa shape index (κ3) is 41.4. The van der Waals surface area contributed by atoms with Crippen molar-refractivity contribution in [2.75, 3.05) is 26.4 Å². The molecular formula is C46H79O10P. The Morgan fingerprint density at radius 1 is 0.526 bits per heavy atom. The Kier molecular flexibility index (Phi) is 39.7. The molecule has 0 amide bonds. The number of rotatable bonds is 40. The monoisotopic (exact) mass is 823 g/mol. The van der Waals surface area contributed by atoms with Crippen molar-refractivity contribution in [1.29, 1.82) is 0 Å². The molecule has 1 unspecified atom stereocenters. The summed E-state index contributed by atoms with van der Waals surface area (Å²) in [7, 11) is -4.64. The average molecular weight is 823 g/mol. The summed E-state index contributed by atoms with van der Waals surface area (Å²) in [5, 5.41) is 18.3. The summed E-state index contributed by atoms with van der Waals surface area (Å²) in [4.78, 5) is 35.0. The van der Waals surface area contributed by atoms with Gasteiger partial charge in [0.2, 0.25) is 0 Å². The summed E-state index contributed by atoms with van der Waals surface area (Å²) in [6.07, 6.45) is 47.3. The molecular weight excluding hydrogens is 743 g/mol. The molecule has 11 heteroatoms. The zero-order valence-electron chi connectivity index (χ0n) is 35.5. The van der Waals surface area contributed by atoms with E-state index in [1.807, 2.05) is 6.08 Å². The minimum atomic E-state index is -4.64. The quantitative estimate of drug-likeness (QED) is 0.0236. The lowest BCUT2D eigenvalue weighted by Gasteiger charge is -2.20. The van der Waals surface area contributed by atoms with Gasteiger partial charge in [-0.05, 0) is 83.5 Å². The SMILES string of the molecule is CCCCC/C=C\C/C=C\C/C=C\CCCCCCC(=O)O[C@H](COC(=O)CCC/C=C\C/C=C\C/C=C\CCCCCCCC)COP(=O)(O)OC[C@@H](O)CO. The molecule has 0 spiro atoms. The largest absolute Gasteiger partial charge is 0.472 e. The Morgan fingerprint density at radius 2 is 0.930 bits per heavy atom. The van der Waals surface area contributed by atoms with Gasteiger partial charge in [0.05, 0.1) is 19.8 Å². The fraction of sp³-hybridized carbons (Fsp3) is 0.696. The van der Waals surface area contributed by atoms with Crippen molar-refractivity contribution in [2.45, 2.75) is 180 Å². The molecule has 10 nitrogen and oxygen atoms in total. The molecule has 0 aliphatic carbocycles. The van der Waals surface area contributed by atoms with Crippen LogP contribution in [0.2, 0.25) is 0 Å². The normalized spacial score (nSPS) is 14.5. The number of aliphatic hydroxyl groups excluding tert-OH is 2. The molecule has 0 bridgehead atoms. The molecule has 0 aromatic heterocycles. The highest BCUT2D eigenvalue weighted by Crippen LogP contribution is 2.43. The highest BCUT2D eigenvalue weighted by molar-refractivity contribution is 7.47. The van der Waals surface area contributed by atoms with E-state index in [1.54, 1.807) is 0 Å². The average Bonchev–Trinajstić information content (AvgIpc) is 3.20. The Morgan fingerprint density at radius 3 is 1.46 bits per heavy atom. The zero-order chi connectivity index (χ0) is 41.9. The van der Waals surface area contributed by atoms with Crippen LogP contribution in [0.4, 0.5) is 0 Å². The van der Waals surface area contributed by atoms with Crippen LogP contribution in [0.1, 0.15) is 168 Å². The molecule has 0 rings (SSSR count). The number of hydrogen-bond donors (Lipinski definition) is 3. The molecule has 0 saturated carbocycles. The number of allylic oxidation sites excluding steroid dienone is 12. The third-order valence-electron chi connectivity index (χ3n) is 8.83. The van der Waals surface area contributed by atoms with Crippen LogP contribution in [0.5, 0.6) is 0 Å². The summed E-state index contributed by atoms with van der Waals surface area (Å²) in [6, 6.07) is 0. The number of ether oxygens (including phenoxy) is 2. The number of carbonyl (C=O) groups is 2. The molecule has 0 saturated heterocycles. The molecule has 328 valence electrons. The summed E-state index contributed by atoms with van der Waals surface area (Å²) >= 11 is 0. The number of phosphoric ester groups is 1. The number of hydrogen-bond acceptors (Lipinski definition) is 9. The van der Waals surface area contributed by atoms with Gasteiger partial charge in [0, 0.05) is 12.8 Å². The third-order valence-corrected chi connectivity index (χ3v) is 9.78. The maximum atomic E-state index is 12.6. The molecule has 3 atom stereocenters. The highest BCUT2D eigenvalue weighted by atomic mass is 31.2. The number of phosphoric acid groups is 1. The second kappa shape index (κ2) is 41.6. The van der Waals surface area contributed by atoms with Crippen LogP contribution in [0.25, 0.3) is 0 Å². The van der Waals surface area contributed by atoms with Crippen LogP contribution in [0.15, 0.2) is 72.9 Å². The van der Waals surface area contributed by atoms with E-state index in [-0.39, 0.29) is 19.4 Å². The first-order valence-corrected chi connectivity index (χ1v) is 23.4. The predicted molar refractivity (Wildman–Crippen MR) is 233 cm³/mol. The lowest BCUT2D eigenvalue weighted by atomic mass is 10.1. The lowest BCUT2D eigenvalue weighted by Crippen LogP contribution is -2.29. The van der Waals surface area contributed by atoms with E-state index in [4.69, 9.17) is 19.1 Å². The maximum absolute atomic E-state index is 12.6. The lowest BCUT2D eigenvalue weighted by molar-refractivity contribution is -0.161. The van der Waals surface area contributed by atoms with E-state index in [1.165, 1.54) is 57.8 Å². The fourth-order valence-electron chi connectivity index (χ4n) is 5.43. The topological polar surface area (TPSA) is 149 Å². The smallest absolute Gasteiger partial charge is 0.462 e.